The molecule has 2 rings (SSSR count). The SMILES string of the molecule is CC(NC(=O)c1ccc(C(=O)O)cc1)c1nn[nH]n1. The zero-order chi connectivity index (χ0) is 13.8. The third kappa shape index (κ3) is 2.92. The van der Waals surface area contributed by atoms with E-state index in [2.05, 4.69) is 25.9 Å². The molecule has 19 heavy (non-hydrogen) atoms. The van der Waals surface area contributed by atoms with Crippen molar-refractivity contribution in [3.05, 3.63) is 41.2 Å². The number of aromatic amines is 1. The normalized spacial score (nSPS) is 11.8. The van der Waals surface area contributed by atoms with Crippen LogP contribution in [0.1, 0.15) is 39.5 Å². The molecule has 0 aliphatic heterocycles. The Morgan fingerprint density at radius 3 is 2.42 bits per heavy atom. The van der Waals surface area contributed by atoms with Crippen molar-refractivity contribution in [1.82, 2.24) is 25.9 Å². The van der Waals surface area contributed by atoms with Crippen LogP contribution in [0.4, 0.5) is 0 Å². The van der Waals surface area contributed by atoms with E-state index in [1.54, 1.807) is 6.92 Å². The Bertz CT molecular complexity index is 579. The predicted octanol–water partition coefficient (Wildman–Crippen LogP) is 0.389. The van der Waals surface area contributed by atoms with Gasteiger partial charge in [-0.05, 0) is 31.2 Å². The Kier molecular flexibility index (Phi) is 3.51. The Balaban J connectivity index is 2.05. The van der Waals surface area contributed by atoms with Gasteiger partial charge in [-0.3, -0.25) is 4.79 Å². The van der Waals surface area contributed by atoms with Crippen molar-refractivity contribution in [3.63, 3.8) is 0 Å². The summed E-state index contributed by atoms with van der Waals surface area (Å²) < 4.78 is 0. The lowest BCUT2D eigenvalue weighted by atomic mass is 10.1. The van der Waals surface area contributed by atoms with Crippen LogP contribution in [0.2, 0.25) is 0 Å². The van der Waals surface area contributed by atoms with Gasteiger partial charge in [-0.1, -0.05) is 5.21 Å². The van der Waals surface area contributed by atoms with Crippen LogP contribution in [0.3, 0.4) is 0 Å². The molecule has 0 aliphatic rings. The molecule has 3 N–H and O–H groups in total. The molecule has 0 bridgehead atoms. The number of aromatic carboxylic acids is 1. The molecule has 0 radical (unpaired) electrons. The first-order chi connectivity index (χ1) is 9.08. The zero-order valence-corrected chi connectivity index (χ0v) is 9.99. The molecule has 2 aromatic rings. The smallest absolute Gasteiger partial charge is 0.335 e. The second kappa shape index (κ2) is 5.25. The Hall–Kier alpha value is -2.77. The molecule has 8 heteroatoms. The number of rotatable bonds is 4. The van der Waals surface area contributed by atoms with Gasteiger partial charge in [0.05, 0.1) is 11.6 Å². The van der Waals surface area contributed by atoms with E-state index < -0.39 is 12.0 Å². The molecule has 1 amide bonds. The van der Waals surface area contributed by atoms with E-state index in [4.69, 9.17) is 5.11 Å². The van der Waals surface area contributed by atoms with Gasteiger partial charge < -0.3 is 10.4 Å². The van der Waals surface area contributed by atoms with Gasteiger partial charge in [0.1, 0.15) is 0 Å². The fourth-order valence-corrected chi connectivity index (χ4v) is 1.46. The molecule has 0 saturated heterocycles. The van der Waals surface area contributed by atoms with Crippen molar-refractivity contribution in [2.24, 2.45) is 0 Å². The van der Waals surface area contributed by atoms with E-state index in [1.165, 1.54) is 24.3 Å². The topological polar surface area (TPSA) is 121 Å². The van der Waals surface area contributed by atoms with Crippen LogP contribution in [0.15, 0.2) is 24.3 Å². The van der Waals surface area contributed by atoms with Gasteiger partial charge in [-0.25, -0.2) is 4.79 Å². The number of aromatic nitrogens is 4. The van der Waals surface area contributed by atoms with E-state index in [1.807, 2.05) is 0 Å². The molecule has 0 fully saturated rings. The highest BCUT2D eigenvalue weighted by molar-refractivity contribution is 5.96. The van der Waals surface area contributed by atoms with Gasteiger partial charge in [-0.15, -0.1) is 10.2 Å². The number of carboxylic acid groups (broad SMARTS) is 1. The van der Waals surface area contributed by atoms with Crippen molar-refractivity contribution in [1.29, 1.82) is 0 Å². The third-order valence-electron chi connectivity index (χ3n) is 2.49. The molecule has 0 spiro atoms. The first-order valence-corrected chi connectivity index (χ1v) is 5.45. The number of carbonyl (C=O) groups is 2. The number of benzene rings is 1. The predicted molar refractivity (Wildman–Crippen MR) is 63.5 cm³/mol. The maximum absolute atomic E-state index is 11.9. The van der Waals surface area contributed by atoms with Gasteiger partial charge >= 0.3 is 5.97 Å². The minimum absolute atomic E-state index is 0.128. The summed E-state index contributed by atoms with van der Waals surface area (Å²) in [5, 5.41) is 24.7. The Morgan fingerprint density at radius 2 is 1.89 bits per heavy atom. The molecule has 1 aromatic heterocycles. The van der Waals surface area contributed by atoms with E-state index in [9.17, 15) is 9.59 Å². The van der Waals surface area contributed by atoms with Crippen molar-refractivity contribution in [3.8, 4) is 0 Å². The number of nitrogens with zero attached hydrogens (tertiary/aromatic N) is 3. The highest BCUT2D eigenvalue weighted by Crippen LogP contribution is 2.08. The summed E-state index contributed by atoms with van der Waals surface area (Å²) in [5.41, 5.74) is 0.489. The van der Waals surface area contributed by atoms with Crippen LogP contribution in [0, 0.1) is 0 Å². The fourth-order valence-electron chi connectivity index (χ4n) is 1.46. The van der Waals surface area contributed by atoms with Crippen LogP contribution in [0.25, 0.3) is 0 Å². The van der Waals surface area contributed by atoms with Crippen molar-refractivity contribution < 1.29 is 14.7 Å². The number of carboxylic acids is 1. The lowest BCUT2D eigenvalue weighted by Crippen LogP contribution is -2.27. The second-order valence-electron chi connectivity index (χ2n) is 3.85. The molecule has 8 nitrogen and oxygen atoms in total. The lowest BCUT2D eigenvalue weighted by molar-refractivity contribution is 0.0696. The summed E-state index contributed by atoms with van der Waals surface area (Å²) in [4.78, 5) is 22.6. The molecule has 1 aromatic carbocycles. The highest BCUT2D eigenvalue weighted by Gasteiger charge is 2.15. The summed E-state index contributed by atoms with van der Waals surface area (Å²) in [5.74, 6) is -1.00. The highest BCUT2D eigenvalue weighted by atomic mass is 16.4. The largest absolute Gasteiger partial charge is 0.478 e. The number of hydrogen-bond acceptors (Lipinski definition) is 5. The molecule has 98 valence electrons. The molecule has 1 heterocycles. The zero-order valence-electron chi connectivity index (χ0n) is 9.99. The van der Waals surface area contributed by atoms with Gasteiger partial charge in [0, 0.05) is 5.56 Å². The number of hydrogen-bond donors (Lipinski definition) is 3. The average molecular weight is 261 g/mol. The summed E-state index contributed by atoms with van der Waals surface area (Å²) in [6, 6.07) is 5.24. The minimum atomic E-state index is -1.04. The van der Waals surface area contributed by atoms with Gasteiger partial charge in [0.2, 0.25) is 0 Å². The fraction of sp³-hybridized carbons (Fsp3) is 0.182. The van der Waals surface area contributed by atoms with Gasteiger partial charge in [0.15, 0.2) is 5.82 Å². The van der Waals surface area contributed by atoms with Crippen molar-refractivity contribution in [2.45, 2.75) is 13.0 Å². The third-order valence-corrected chi connectivity index (χ3v) is 2.49. The summed E-state index contributed by atoms with van der Waals surface area (Å²) in [7, 11) is 0. The quantitative estimate of drug-likeness (QED) is 0.732. The molecular formula is C11H11N5O3. The maximum atomic E-state index is 11.9. The van der Waals surface area contributed by atoms with Crippen LogP contribution in [-0.2, 0) is 0 Å². The van der Waals surface area contributed by atoms with E-state index in [0.29, 0.717) is 11.4 Å². The number of amides is 1. The van der Waals surface area contributed by atoms with Gasteiger partial charge in [0.25, 0.3) is 5.91 Å². The first-order valence-electron chi connectivity index (χ1n) is 5.45. The van der Waals surface area contributed by atoms with Gasteiger partial charge in [-0.2, -0.15) is 5.21 Å². The average Bonchev–Trinajstić information content (AvgIpc) is 2.92. The standard InChI is InChI=1S/C11H11N5O3/c1-6(9-13-15-16-14-9)12-10(17)7-2-4-8(5-3-7)11(18)19/h2-6H,1H3,(H,12,17)(H,18,19)(H,13,14,15,16). The molecular weight excluding hydrogens is 250 g/mol. The Morgan fingerprint density at radius 1 is 1.26 bits per heavy atom. The van der Waals surface area contributed by atoms with E-state index >= 15 is 0 Å². The summed E-state index contributed by atoms with van der Waals surface area (Å²) >= 11 is 0. The number of tetrazole rings is 1. The van der Waals surface area contributed by atoms with Crippen LogP contribution in [-0.4, -0.2) is 37.6 Å². The number of nitrogens with one attached hydrogen (secondary N) is 2. The van der Waals surface area contributed by atoms with Crippen LogP contribution < -0.4 is 5.32 Å². The van der Waals surface area contributed by atoms with Crippen LogP contribution >= 0.6 is 0 Å². The summed E-state index contributed by atoms with van der Waals surface area (Å²) in [6.45, 7) is 1.72. The molecule has 1 unspecified atom stereocenters. The summed E-state index contributed by atoms with van der Waals surface area (Å²) in [6.07, 6.45) is 0. The van der Waals surface area contributed by atoms with Crippen molar-refractivity contribution in [2.75, 3.05) is 0 Å². The lowest BCUT2D eigenvalue weighted by Gasteiger charge is -2.09. The molecule has 0 saturated carbocycles. The molecule has 1 atom stereocenters. The van der Waals surface area contributed by atoms with Crippen molar-refractivity contribution >= 4 is 11.9 Å². The molecule has 0 aliphatic carbocycles. The van der Waals surface area contributed by atoms with E-state index in [0.717, 1.165) is 0 Å². The van der Waals surface area contributed by atoms with Crippen LogP contribution in [0.5, 0.6) is 0 Å². The number of carbonyl (C=O) groups excluding carboxylic acids is 1. The monoisotopic (exact) mass is 261 g/mol. The first kappa shape index (κ1) is 12.7. The Labute approximate surface area is 107 Å². The van der Waals surface area contributed by atoms with E-state index in [-0.39, 0.29) is 11.5 Å². The number of H-pyrrole nitrogens is 1. The maximum Gasteiger partial charge on any atom is 0.335 e. The minimum Gasteiger partial charge on any atom is -0.478 e. The second-order valence-corrected chi connectivity index (χ2v) is 3.85.